The van der Waals surface area contributed by atoms with Crippen molar-refractivity contribution in [2.45, 2.75) is 52.8 Å². The first-order chi connectivity index (χ1) is 14.8. The highest BCUT2D eigenvalue weighted by molar-refractivity contribution is 5.79. The highest BCUT2D eigenvalue weighted by Gasteiger charge is 2.24. The fourth-order valence-electron chi connectivity index (χ4n) is 3.67. The van der Waals surface area contributed by atoms with Crippen LogP contribution < -0.4 is 15.2 Å². The first-order valence-corrected chi connectivity index (χ1v) is 10.5. The van der Waals surface area contributed by atoms with E-state index >= 15 is 0 Å². The summed E-state index contributed by atoms with van der Waals surface area (Å²) in [5.41, 5.74) is 7.14. The second kappa shape index (κ2) is 8.41. The molecule has 3 aromatic rings. The molecule has 3 heterocycles. The molecular formula is C22H28N6O3. The van der Waals surface area contributed by atoms with Gasteiger partial charge in [-0.3, -0.25) is 4.79 Å². The number of amides is 1. The molecule has 0 aliphatic carbocycles. The molecular weight excluding hydrogens is 396 g/mol. The van der Waals surface area contributed by atoms with Crippen molar-refractivity contribution in [3.8, 4) is 34.4 Å². The van der Waals surface area contributed by atoms with Crippen molar-refractivity contribution in [1.82, 2.24) is 24.3 Å². The molecule has 1 amide bonds. The van der Waals surface area contributed by atoms with Crippen LogP contribution >= 0.6 is 0 Å². The number of imidazole rings is 1. The van der Waals surface area contributed by atoms with Crippen molar-refractivity contribution in [2.24, 2.45) is 11.7 Å². The molecule has 4 rings (SSSR count). The summed E-state index contributed by atoms with van der Waals surface area (Å²) in [7, 11) is 0. The summed E-state index contributed by atoms with van der Waals surface area (Å²) in [5.74, 6) is 2.54. The standard InChI is InChI=1S/C22H28N6O3/c1-13(2)9-19(20(23)29)31-15-5-6-16-18(10-15)30-8-7-27-11-17(26-21(16)27)22-24-12-25-28(22)14(3)4/h5-6,10-14,19H,7-9H2,1-4H3,(H2,23,29). The van der Waals surface area contributed by atoms with Crippen LogP contribution in [0.25, 0.3) is 22.9 Å². The zero-order valence-electron chi connectivity index (χ0n) is 18.3. The fourth-order valence-corrected chi connectivity index (χ4v) is 3.67. The molecule has 31 heavy (non-hydrogen) atoms. The van der Waals surface area contributed by atoms with Crippen LogP contribution in [0, 0.1) is 5.92 Å². The number of hydrogen-bond donors (Lipinski definition) is 1. The minimum Gasteiger partial charge on any atom is -0.491 e. The van der Waals surface area contributed by atoms with E-state index in [2.05, 4.69) is 28.5 Å². The second-order valence-electron chi connectivity index (χ2n) is 8.41. The molecule has 0 saturated heterocycles. The van der Waals surface area contributed by atoms with E-state index in [1.165, 1.54) is 0 Å². The highest BCUT2D eigenvalue weighted by atomic mass is 16.5. The Labute approximate surface area is 181 Å². The maximum Gasteiger partial charge on any atom is 0.258 e. The maximum atomic E-state index is 11.8. The monoisotopic (exact) mass is 424 g/mol. The van der Waals surface area contributed by atoms with Crippen molar-refractivity contribution in [3.05, 3.63) is 30.7 Å². The Bertz CT molecular complexity index is 1080. The van der Waals surface area contributed by atoms with Gasteiger partial charge in [-0.25, -0.2) is 14.6 Å². The van der Waals surface area contributed by atoms with Gasteiger partial charge in [0.15, 0.2) is 11.9 Å². The lowest BCUT2D eigenvalue weighted by molar-refractivity contribution is -0.125. The van der Waals surface area contributed by atoms with Gasteiger partial charge in [0, 0.05) is 18.3 Å². The minimum absolute atomic E-state index is 0.179. The topological polar surface area (TPSA) is 110 Å². The number of carbonyl (C=O) groups is 1. The Morgan fingerprint density at radius 1 is 1.26 bits per heavy atom. The summed E-state index contributed by atoms with van der Waals surface area (Å²) in [4.78, 5) is 21.0. The van der Waals surface area contributed by atoms with E-state index in [1.54, 1.807) is 12.4 Å². The Kier molecular flexibility index (Phi) is 5.67. The first-order valence-electron chi connectivity index (χ1n) is 10.5. The third-order valence-corrected chi connectivity index (χ3v) is 5.13. The predicted octanol–water partition coefficient (Wildman–Crippen LogP) is 3.06. The average molecular weight is 425 g/mol. The predicted molar refractivity (Wildman–Crippen MR) is 116 cm³/mol. The molecule has 9 heteroatoms. The number of carbonyl (C=O) groups excluding carboxylic acids is 1. The van der Waals surface area contributed by atoms with E-state index in [0.717, 1.165) is 22.9 Å². The summed E-state index contributed by atoms with van der Waals surface area (Å²) in [6, 6.07) is 5.70. The lowest BCUT2D eigenvalue weighted by Gasteiger charge is -2.18. The zero-order valence-corrected chi connectivity index (χ0v) is 18.3. The Balaban J connectivity index is 1.67. The lowest BCUT2D eigenvalue weighted by Crippen LogP contribution is -2.34. The van der Waals surface area contributed by atoms with E-state index < -0.39 is 12.0 Å². The molecule has 0 saturated carbocycles. The molecule has 164 valence electrons. The zero-order chi connectivity index (χ0) is 22.1. The smallest absolute Gasteiger partial charge is 0.258 e. The number of aromatic nitrogens is 5. The van der Waals surface area contributed by atoms with Crippen LogP contribution in [0.3, 0.4) is 0 Å². The van der Waals surface area contributed by atoms with Gasteiger partial charge in [-0.05, 0) is 38.3 Å². The lowest BCUT2D eigenvalue weighted by atomic mass is 10.1. The molecule has 1 aliphatic rings. The van der Waals surface area contributed by atoms with Gasteiger partial charge in [-0.15, -0.1) is 0 Å². The number of primary amides is 1. The number of fused-ring (bicyclic) bond motifs is 3. The molecule has 0 fully saturated rings. The van der Waals surface area contributed by atoms with Gasteiger partial charge < -0.3 is 19.8 Å². The van der Waals surface area contributed by atoms with Crippen molar-refractivity contribution < 1.29 is 14.3 Å². The van der Waals surface area contributed by atoms with Gasteiger partial charge in [0.25, 0.3) is 5.91 Å². The Morgan fingerprint density at radius 3 is 2.77 bits per heavy atom. The molecule has 1 aromatic carbocycles. The normalized spacial score (nSPS) is 14.0. The molecule has 0 bridgehead atoms. The van der Waals surface area contributed by atoms with Crippen molar-refractivity contribution in [3.63, 3.8) is 0 Å². The van der Waals surface area contributed by atoms with Gasteiger partial charge in [-0.2, -0.15) is 5.10 Å². The third kappa shape index (κ3) is 4.26. The molecule has 2 aromatic heterocycles. The van der Waals surface area contributed by atoms with E-state index in [-0.39, 0.29) is 12.0 Å². The van der Waals surface area contributed by atoms with E-state index in [4.69, 9.17) is 20.2 Å². The number of rotatable bonds is 7. The first kappa shape index (κ1) is 20.9. The van der Waals surface area contributed by atoms with Crippen LogP contribution in [0.1, 0.15) is 40.2 Å². The summed E-state index contributed by atoms with van der Waals surface area (Å²) in [6.07, 6.45) is 3.40. The molecule has 9 nitrogen and oxygen atoms in total. The number of nitrogens with zero attached hydrogens (tertiary/aromatic N) is 5. The summed E-state index contributed by atoms with van der Waals surface area (Å²) in [5, 5.41) is 4.31. The average Bonchev–Trinajstić information content (AvgIpc) is 3.31. The quantitative estimate of drug-likeness (QED) is 0.624. The van der Waals surface area contributed by atoms with Crippen LogP contribution in [0.15, 0.2) is 30.7 Å². The van der Waals surface area contributed by atoms with Gasteiger partial charge in [0.05, 0.1) is 12.1 Å². The van der Waals surface area contributed by atoms with Crippen molar-refractivity contribution >= 4 is 5.91 Å². The van der Waals surface area contributed by atoms with Gasteiger partial charge in [0.2, 0.25) is 0 Å². The van der Waals surface area contributed by atoms with Crippen LogP contribution in [-0.4, -0.2) is 42.9 Å². The molecule has 1 atom stereocenters. The van der Waals surface area contributed by atoms with Gasteiger partial charge in [0.1, 0.15) is 36.0 Å². The summed E-state index contributed by atoms with van der Waals surface area (Å²) < 4.78 is 15.8. The second-order valence-corrected chi connectivity index (χ2v) is 8.41. The Hall–Kier alpha value is -3.36. The Morgan fingerprint density at radius 2 is 2.06 bits per heavy atom. The molecule has 0 spiro atoms. The fraction of sp³-hybridized carbons (Fsp3) is 0.455. The van der Waals surface area contributed by atoms with Crippen molar-refractivity contribution in [2.75, 3.05) is 6.61 Å². The van der Waals surface area contributed by atoms with Crippen LogP contribution in [0.2, 0.25) is 0 Å². The van der Waals surface area contributed by atoms with E-state index in [9.17, 15) is 4.79 Å². The van der Waals surface area contributed by atoms with Gasteiger partial charge in [-0.1, -0.05) is 13.8 Å². The third-order valence-electron chi connectivity index (χ3n) is 5.13. The summed E-state index contributed by atoms with van der Waals surface area (Å²) >= 11 is 0. The minimum atomic E-state index is -0.681. The molecule has 0 radical (unpaired) electrons. The van der Waals surface area contributed by atoms with E-state index in [0.29, 0.717) is 31.1 Å². The van der Waals surface area contributed by atoms with Crippen LogP contribution in [0.4, 0.5) is 0 Å². The molecule has 2 N–H and O–H groups in total. The maximum absolute atomic E-state index is 11.8. The SMILES string of the molecule is CC(C)CC(Oc1ccc2c(c1)OCCn1cc(-c3ncnn3C(C)C)nc1-2)C(N)=O. The largest absolute Gasteiger partial charge is 0.491 e. The van der Waals surface area contributed by atoms with Crippen LogP contribution in [0.5, 0.6) is 11.5 Å². The van der Waals surface area contributed by atoms with Gasteiger partial charge >= 0.3 is 0 Å². The number of benzene rings is 1. The number of hydrogen-bond acceptors (Lipinski definition) is 6. The van der Waals surface area contributed by atoms with E-state index in [1.807, 2.05) is 36.9 Å². The highest BCUT2D eigenvalue weighted by Crippen LogP contribution is 2.36. The van der Waals surface area contributed by atoms with Crippen LogP contribution in [-0.2, 0) is 11.3 Å². The number of nitrogens with two attached hydrogens (primary N) is 1. The number of ether oxygens (including phenoxy) is 2. The van der Waals surface area contributed by atoms with Crippen molar-refractivity contribution in [1.29, 1.82) is 0 Å². The summed E-state index contributed by atoms with van der Waals surface area (Å²) in [6.45, 7) is 9.31. The molecule has 1 aliphatic heterocycles. The molecule has 1 unspecified atom stereocenters.